The molecule has 0 saturated carbocycles. The van der Waals surface area contributed by atoms with Gasteiger partial charge in [0.15, 0.2) is 5.78 Å². The Hall–Kier alpha value is -2.13. The smallest absolute Gasteiger partial charge is 0.162 e. The highest BCUT2D eigenvalue weighted by Crippen LogP contribution is 2.37. The molecule has 29 heavy (non-hydrogen) atoms. The lowest BCUT2D eigenvalue weighted by molar-refractivity contribution is 0.0978. The summed E-state index contributed by atoms with van der Waals surface area (Å²) in [5, 5.41) is 0. The van der Waals surface area contributed by atoms with Gasteiger partial charge in [0.05, 0.1) is 0 Å². The summed E-state index contributed by atoms with van der Waals surface area (Å²) in [7, 11) is 0. The van der Waals surface area contributed by atoms with E-state index in [0.717, 1.165) is 63.8 Å². The van der Waals surface area contributed by atoms with Crippen LogP contribution in [-0.2, 0) is 19.3 Å². The molecule has 0 fully saturated rings. The predicted molar refractivity (Wildman–Crippen MR) is 121 cm³/mol. The highest BCUT2D eigenvalue weighted by atomic mass is 16.1. The van der Waals surface area contributed by atoms with Crippen molar-refractivity contribution in [3.63, 3.8) is 0 Å². The minimum absolute atomic E-state index is 0.334. The molecule has 154 valence electrons. The Kier molecular flexibility index (Phi) is 6.66. The Bertz CT molecular complexity index is 830. The lowest BCUT2D eigenvalue weighted by Crippen LogP contribution is -2.27. The summed E-state index contributed by atoms with van der Waals surface area (Å²) in [5.41, 5.74) is 6.63. The number of hydrogen-bond acceptors (Lipinski definition) is 3. The van der Waals surface area contributed by atoms with Crippen LogP contribution in [0, 0.1) is 0 Å². The molecule has 2 aromatic carbocycles. The van der Waals surface area contributed by atoms with Gasteiger partial charge in [0.1, 0.15) is 0 Å². The van der Waals surface area contributed by atoms with Crippen molar-refractivity contribution in [2.75, 3.05) is 37.6 Å². The van der Waals surface area contributed by atoms with Gasteiger partial charge in [-0.3, -0.25) is 4.79 Å². The second kappa shape index (κ2) is 9.58. The van der Waals surface area contributed by atoms with Gasteiger partial charge in [-0.15, -0.1) is 0 Å². The van der Waals surface area contributed by atoms with Gasteiger partial charge < -0.3 is 9.80 Å². The van der Waals surface area contributed by atoms with Crippen molar-refractivity contribution in [3.05, 3.63) is 64.7 Å². The molecule has 0 aliphatic carbocycles. The van der Waals surface area contributed by atoms with Crippen molar-refractivity contribution >= 4 is 11.5 Å². The van der Waals surface area contributed by atoms with Crippen LogP contribution in [0.1, 0.15) is 59.7 Å². The third kappa shape index (κ3) is 4.90. The Morgan fingerprint density at radius 1 is 1.00 bits per heavy atom. The van der Waals surface area contributed by atoms with Crippen molar-refractivity contribution in [2.45, 2.75) is 51.9 Å². The van der Waals surface area contributed by atoms with E-state index >= 15 is 0 Å². The molecule has 0 atom stereocenters. The summed E-state index contributed by atoms with van der Waals surface area (Å²) < 4.78 is 0. The van der Waals surface area contributed by atoms with E-state index in [1.807, 2.05) is 0 Å². The van der Waals surface area contributed by atoms with E-state index in [1.165, 1.54) is 35.3 Å². The van der Waals surface area contributed by atoms with E-state index in [4.69, 9.17) is 0 Å². The summed E-state index contributed by atoms with van der Waals surface area (Å²) in [5.74, 6) is 0.334. The minimum Gasteiger partial charge on any atom is -0.371 e. The summed E-state index contributed by atoms with van der Waals surface area (Å²) in [4.78, 5) is 17.8. The van der Waals surface area contributed by atoms with Crippen LogP contribution in [0.5, 0.6) is 0 Å². The van der Waals surface area contributed by atoms with Gasteiger partial charge in [0, 0.05) is 37.3 Å². The number of carbonyl (C=O) groups is 1. The van der Waals surface area contributed by atoms with Crippen LogP contribution in [0.25, 0.3) is 0 Å². The zero-order chi connectivity index (χ0) is 20.1. The predicted octanol–water partition coefficient (Wildman–Crippen LogP) is 4.91. The normalized spacial score (nSPS) is 15.0. The van der Waals surface area contributed by atoms with Crippen LogP contribution >= 0.6 is 0 Å². The molecule has 0 aromatic heterocycles. The molecule has 2 heterocycles. The van der Waals surface area contributed by atoms with Crippen LogP contribution < -0.4 is 4.90 Å². The molecule has 0 spiro atoms. The number of ketones is 1. The highest BCUT2D eigenvalue weighted by molar-refractivity contribution is 5.97. The van der Waals surface area contributed by atoms with Crippen LogP contribution in [-0.4, -0.2) is 43.4 Å². The lowest BCUT2D eigenvalue weighted by atomic mass is 9.94. The highest BCUT2D eigenvalue weighted by Gasteiger charge is 2.26. The topological polar surface area (TPSA) is 23.6 Å². The molecule has 2 aliphatic heterocycles. The van der Waals surface area contributed by atoms with E-state index in [1.54, 1.807) is 0 Å². The average Bonchev–Trinajstić information content (AvgIpc) is 3.18. The minimum atomic E-state index is 0.334. The summed E-state index contributed by atoms with van der Waals surface area (Å²) >= 11 is 0. The van der Waals surface area contributed by atoms with Gasteiger partial charge in [-0.1, -0.05) is 37.3 Å². The first-order chi connectivity index (χ1) is 14.2. The standard InChI is InChI=1S/C26H34N2O/c1-2-27(17-13-21-9-4-3-5-10-21)15-7-6-12-25(29)24-19-22-11-8-16-28-18-14-23(20-24)26(22)28/h3-5,9-10,19-20H,2,6-8,11-18H2,1H3. The van der Waals surface area contributed by atoms with Crippen molar-refractivity contribution in [3.8, 4) is 0 Å². The number of benzene rings is 2. The molecular weight excluding hydrogens is 356 g/mol. The van der Waals surface area contributed by atoms with E-state index in [2.05, 4.69) is 59.2 Å². The summed E-state index contributed by atoms with van der Waals surface area (Å²) in [6.07, 6.45) is 7.32. The molecule has 3 heteroatoms. The third-order valence-electron chi connectivity index (χ3n) is 6.57. The number of Topliss-reactive ketones (excluding diaryl/α,β-unsaturated/α-hetero) is 1. The molecule has 0 amide bonds. The fraction of sp³-hybridized carbons (Fsp3) is 0.500. The lowest BCUT2D eigenvalue weighted by Gasteiger charge is -2.27. The maximum atomic E-state index is 12.8. The SMILES string of the molecule is CCN(CCCCC(=O)c1cc2c3c(c1)CCN3CCC2)CCc1ccccc1. The first-order valence-corrected chi connectivity index (χ1v) is 11.4. The number of likely N-dealkylation sites (N-methyl/N-ethyl adjacent to an activating group) is 1. The molecule has 0 saturated heterocycles. The zero-order valence-electron chi connectivity index (χ0n) is 17.8. The molecule has 0 unspecified atom stereocenters. The molecule has 0 radical (unpaired) electrons. The van der Waals surface area contributed by atoms with Crippen molar-refractivity contribution < 1.29 is 4.79 Å². The molecule has 4 rings (SSSR count). The molecular formula is C26H34N2O. The molecule has 0 bridgehead atoms. The fourth-order valence-electron chi connectivity index (χ4n) is 4.88. The second-order valence-corrected chi connectivity index (χ2v) is 8.53. The van der Waals surface area contributed by atoms with Gasteiger partial charge in [-0.25, -0.2) is 0 Å². The third-order valence-corrected chi connectivity index (χ3v) is 6.57. The van der Waals surface area contributed by atoms with Crippen LogP contribution in [0.2, 0.25) is 0 Å². The van der Waals surface area contributed by atoms with E-state index in [0.29, 0.717) is 12.2 Å². The Balaban J connectivity index is 1.24. The van der Waals surface area contributed by atoms with Crippen molar-refractivity contribution in [1.29, 1.82) is 0 Å². The number of carbonyl (C=O) groups excluding carboxylic acids is 1. The molecule has 2 aliphatic rings. The van der Waals surface area contributed by atoms with Gasteiger partial charge in [-0.05, 0) is 80.4 Å². The number of anilines is 1. The maximum absolute atomic E-state index is 12.8. The van der Waals surface area contributed by atoms with Crippen LogP contribution in [0.3, 0.4) is 0 Å². The molecule has 2 aromatic rings. The van der Waals surface area contributed by atoms with E-state index in [9.17, 15) is 4.79 Å². The molecule has 3 nitrogen and oxygen atoms in total. The zero-order valence-corrected chi connectivity index (χ0v) is 17.8. The summed E-state index contributed by atoms with van der Waals surface area (Å²) in [6.45, 7) is 7.81. The van der Waals surface area contributed by atoms with Crippen molar-refractivity contribution in [2.24, 2.45) is 0 Å². The quantitative estimate of drug-likeness (QED) is 0.425. The Morgan fingerprint density at radius 3 is 2.59 bits per heavy atom. The number of aryl methyl sites for hydroxylation is 1. The summed E-state index contributed by atoms with van der Waals surface area (Å²) in [6, 6.07) is 15.1. The monoisotopic (exact) mass is 390 g/mol. The Morgan fingerprint density at radius 2 is 1.79 bits per heavy atom. The molecule has 0 N–H and O–H groups in total. The number of nitrogens with zero attached hydrogens (tertiary/aromatic N) is 2. The van der Waals surface area contributed by atoms with Gasteiger partial charge in [0.2, 0.25) is 0 Å². The first kappa shape index (κ1) is 20.2. The first-order valence-electron chi connectivity index (χ1n) is 11.4. The van der Waals surface area contributed by atoms with Crippen LogP contribution in [0.4, 0.5) is 5.69 Å². The van der Waals surface area contributed by atoms with Crippen molar-refractivity contribution in [1.82, 2.24) is 4.90 Å². The van der Waals surface area contributed by atoms with Crippen LogP contribution in [0.15, 0.2) is 42.5 Å². The Labute approximate surface area is 175 Å². The average molecular weight is 391 g/mol. The van der Waals surface area contributed by atoms with Gasteiger partial charge in [-0.2, -0.15) is 0 Å². The second-order valence-electron chi connectivity index (χ2n) is 8.53. The maximum Gasteiger partial charge on any atom is 0.162 e. The number of unbranched alkanes of at least 4 members (excludes halogenated alkanes) is 1. The van der Waals surface area contributed by atoms with Gasteiger partial charge in [0.25, 0.3) is 0 Å². The fourth-order valence-corrected chi connectivity index (χ4v) is 4.88. The van der Waals surface area contributed by atoms with E-state index in [-0.39, 0.29) is 0 Å². The van der Waals surface area contributed by atoms with E-state index < -0.39 is 0 Å². The number of rotatable bonds is 10. The largest absolute Gasteiger partial charge is 0.371 e. The number of hydrogen-bond donors (Lipinski definition) is 0. The van der Waals surface area contributed by atoms with Gasteiger partial charge >= 0.3 is 0 Å².